The van der Waals surface area contributed by atoms with Crippen molar-refractivity contribution >= 4 is 17.7 Å². The van der Waals surface area contributed by atoms with Gasteiger partial charge in [0.25, 0.3) is 0 Å². The van der Waals surface area contributed by atoms with E-state index in [1.807, 2.05) is 37.3 Å². The summed E-state index contributed by atoms with van der Waals surface area (Å²) in [5.41, 5.74) is 0.845. The molecular weight excluding hydrogens is 291 g/mol. The van der Waals surface area contributed by atoms with Crippen LogP contribution in [-0.4, -0.2) is 33.4 Å². The van der Waals surface area contributed by atoms with Crippen LogP contribution in [0.15, 0.2) is 36.5 Å². The van der Waals surface area contributed by atoms with Crippen LogP contribution in [-0.2, 0) is 4.74 Å². The van der Waals surface area contributed by atoms with E-state index in [0.717, 1.165) is 23.3 Å². The lowest BCUT2D eigenvalue weighted by Gasteiger charge is -2.25. The largest absolute Gasteiger partial charge is 0.456 e. The highest BCUT2D eigenvalue weighted by atomic mass is 32.2. The molecule has 0 amide bonds. The Balaban J connectivity index is 1.87. The van der Waals surface area contributed by atoms with Crippen molar-refractivity contribution in [1.82, 2.24) is 9.78 Å². The molecular formula is C15H15FN2O2S. The summed E-state index contributed by atoms with van der Waals surface area (Å²) in [6.07, 6.45) is 0.947. The van der Waals surface area contributed by atoms with Gasteiger partial charge in [0.05, 0.1) is 12.2 Å². The van der Waals surface area contributed by atoms with Crippen molar-refractivity contribution in [2.75, 3.05) is 11.5 Å². The highest BCUT2D eigenvalue weighted by Crippen LogP contribution is 2.24. The summed E-state index contributed by atoms with van der Waals surface area (Å²) in [5, 5.41) is 4.00. The number of aromatic nitrogens is 2. The summed E-state index contributed by atoms with van der Waals surface area (Å²) in [5.74, 6) is 0.263. The van der Waals surface area contributed by atoms with Crippen LogP contribution in [0.1, 0.15) is 29.0 Å². The molecule has 1 atom stereocenters. The smallest absolute Gasteiger partial charge is 0.360 e. The summed E-state index contributed by atoms with van der Waals surface area (Å²) in [6.45, 7) is 1.87. The fourth-order valence-corrected chi connectivity index (χ4v) is 2.75. The second-order valence-electron chi connectivity index (χ2n) is 4.94. The molecule has 2 heterocycles. The molecule has 0 spiro atoms. The van der Waals surface area contributed by atoms with Crippen LogP contribution in [0.3, 0.4) is 0 Å². The third-order valence-electron chi connectivity index (χ3n) is 3.47. The Morgan fingerprint density at radius 3 is 2.76 bits per heavy atom. The molecule has 6 heteroatoms. The van der Waals surface area contributed by atoms with Gasteiger partial charge >= 0.3 is 5.97 Å². The fourth-order valence-electron chi connectivity index (χ4n) is 2.19. The van der Waals surface area contributed by atoms with Crippen LogP contribution in [0.4, 0.5) is 4.39 Å². The predicted molar refractivity (Wildman–Crippen MR) is 79.0 cm³/mol. The van der Waals surface area contributed by atoms with Gasteiger partial charge in [0.1, 0.15) is 6.10 Å². The summed E-state index contributed by atoms with van der Waals surface area (Å²) < 4.78 is 20.6. The average molecular weight is 306 g/mol. The van der Waals surface area contributed by atoms with E-state index in [1.54, 1.807) is 11.8 Å². The number of esters is 1. The molecule has 1 fully saturated rings. The first kappa shape index (κ1) is 14.1. The molecule has 1 aromatic carbocycles. The maximum absolute atomic E-state index is 13.9. The lowest BCUT2D eigenvalue weighted by molar-refractivity contribution is 0.0353. The van der Waals surface area contributed by atoms with Crippen molar-refractivity contribution in [3.05, 3.63) is 53.6 Å². The molecule has 2 aromatic rings. The molecule has 0 aliphatic carbocycles. The van der Waals surface area contributed by atoms with Gasteiger partial charge in [-0.1, -0.05) is 30.3 Å². The van der Waals surface area contributed by atoms with Crippen molar-refractivity contribution in [2.24, 2.45) is 0 Å². The van der Waals surface area contributed by atoms with Gasteiger partial charge in [0.15, 0.2) is 11.5 Å². The lowest BCUT2D eigenvalue weighted by Crippen LogP contribution is -2.32. The van der Waals surface area contributed by atoms with E-state index in [2.05, 4.69) is 5.10 Å². The minimum Gasteiger partial charge on any atom is -0.456 e. The number of benzene rings is 1. The van der Waals surface area contributed by atoms with Gasteiger partial charge in [-0.15, -0.1) is 0 Å². The van der Waals surface area contributed by atoms with Gasteiger partial charge in [0.2, 0.25) is 0 Å². The highest BCUT2D eigenvalue weighted by molar-refractivity contribution is 8.00. The van der Waals surface area contributed by atoms with Gasteiger partial charge in [0, 0.05) is 11.5 Å². The van der Waals surface area contributed by atoms with Crippen LogP contribution in [0.2, 0.25) is 0 Å². The number of carbonyl (C=O) groups is 1. The number of carbonyl (C=O) groups excluding carboxylic acids is 1. The first-order chi connectivity index (χ1) is 10.2. The Bertz CT molecular complexity index is 640. The molecule has 3 rings (SSSR count). The normalized spacial score (nSPS) is 16.3. The predicted octanol–water partition coefficient (Wildman–Crippen LogP) is 2.90. The van der Waals surface area contributed by atoms with Crippen molar-refractivity contribution in [2.45, 2.75) is 19.1 Å². The zero-order valence-corrected chi connectivity index (χ0v) is 12.3. The van der Waals surface area contributed by atoms with E-state index in [-0.39, 0.29) is 17.8 Å². The molecule has 0 bridgehead atoms. The van der Waals surface area contributed by atoms with Crippen LogP contribution >= 0.6 is 11.8 Å². The molecule has 0 saturated carbocycles. The molecule has 1 aliphatic heterocycles. The van der Waals surface area contributed by atoms with E-state index < -0.39 is 11.8 Å². The number of nitrogens with zero attached hydrogens (tertiary/aromatic N) is 2. The Hall–Kier alpha value is -1.82. The van der Waals surface area contributed by atoms with Crippen LogP contribution < -0.4 is 0 Å². The van der Waals surface area contributed by atoms with Gasteiger partial charge in [-0.3, -0.25) is 0 Å². The SMILES string of the molecule is C[C@H](c1ccccc1)n1ncc(F)c1C(=O)OC1CSC1. The van der Waals surface area contributed by atoms with Gasteiger partial charge in [-0.2, -0.15) is 16.9 Å². The minimum atomic E-state index is -0.644. The molecule has 1 aliphatic rings. The summed E-state index contributed by atoms with van der Waals surface area (Å²) >= 11 is 1.70. The molecule has 1 aromatic heterocycles. The third kappa shape index (κ3) is 2.81. The van der Waals surface area contributed by atoms with Gasteiger partial charge < -0.3 is 4.74 Å². The van der Waals surface area contributed by atoms with Crippen molar-refractivity contribution < 1.29 is 13.9 Å². The summed E-state index contributed by atoms with van der Waals surface area (Å²) in [6, 6.07) is 9.30. The Kier molecular flexibility index (Phi) is 3.96. The first-order valence-corrected chi connectivity index (χ1v) is 7.89. The second kappa shape index (κ2) is 5.89. The molecule has 110 valence electrons. The van der Waals surface area contributed by atoms with Crippen molar-refractivity contribution in [3.8, 4) is 0 Å². The maximum atomic E-state index is 13.9. The quantitative estimate of drug-likeness (QED) is 0.815. The molecule has 21 heavy (non-hydrogen) atoms. The number of halogens is 1. The molecule has 0 N–H and O–H groups in total. The molecule has 1 saturated heterocycles. The van der Waals surface area contributed by atoms with Crippen LogP contribution in [0.5, 0.6) is 0 Å². The highest BCUT2D eigenvalue weighted by Gasteiger charge is 2.29. The van der Waals surface area contributed by atoms with E-state index in [4.69, 9.17) is 4.74 Å². The number of thioether (sulfide) groups is 1. The number of ether oxygens (including phenoxy) is 1. The molecule has 0 radical (unpaired) electrons. The molecule has 4 nitrogen and oxygen atoms in total. The zero-order chi connectivity index (χ0) is 14.8. The lowest BCUT2D eigenvalue weighted by atomic mass is 10.1. The van der Waals surface area contributed by atoms with Gasteiger partial charge in [-0.25, -0.2) is 13.9 Å². The van der Waals surface area contributed by atoms with Gasteiger partial charge in [-0.05, 0) is 12.5 Å². The van der Waals surface area contributed by atoms with Crippen molar-refractivity contribution in [3.63, 3.8) is 0 Å². The Morgan fingerprint density at radius 2 is 2.14 bits per heavy atom. The van der Waals surface area contributed by atoms with E-state index in [1.165, 1.54) is 4.68 Å². The maximum Gasteiger partial charge on any atom is 0.360 e. The van der Waals surface area contributed by atoms with E-state index >= 15 is 0 Å². The first-order valence-electron chi connectivity index (χ1n) is 6.73. The standard InChI is InChI=1S/C15H15FN2O2S/c1-10(11-5-3-2-4-6-11)18-14(13(16)7-17-18)15(19)20-12-8-21-9-12/h2-7,10,12H,8-9H2,1H3/t10-/m1/s1. The topological polar surface area (TPSA) is 44.1 Å². The Labute approximate surface area is 126 Å². The van der Waals surface area contributed by atoms with Crippen molar-refractivity contribution in [1.29, 1.82) is 0 Å². The summed E-state index contributed by atoms with van der Waals surface area (Å²) in [7, 11) is 0. The van der Waals surface area contributed by atoms with E-state index in [0.29, 0.717) is 0 Å². The van der Waals surface area contributed by atoms with Crippen LogP contribution in [0, 0.1) is 5.82 Å². The van der Waals surface area contributed by atoms with Crippen LogP contribution in [0.25, 0.3) is 0 Å². The summed E-state index contributed by atoms with van der Waals surface area (Å²) in [4.78, 5) is 12.2. The molecule has 0 unspecified atom stereocenters. The number of rotatable bonds is 4. The zero-order valence-electron chi connectivity index (χ0n) is 11.5. The fraction of sp³-hybridized carbons (Fsp3) is 0.333. The number of hydrogen-bond acceptors (Lipinski definition) is 4. The second-order valence-corrected chi connectivity index (χ2v) is 6.01. The van der Waals surface area contributed by atoms with E-state index in [9.17, 15) is 9.18 Å². The third-order valence-corrected chi connectivity index (χ3v) is 4.69. The number of hydrogen-bond donors (Lipinski definition) is 0. The average Bonchev–Trinajstić information content (AvgIpc) is 2.84. The Morgan fingerprint density at radius 1 is 1.43 bits per heavy atom. The minimum absolute atomic E-state index is 0.108. The monoisotopic (exact) mass is 306 g/mol.